The van der Waals surface area contributed by atoms with Crippen molar-refractivity contribution in [2.45, 2.75) is 13.0 Å². The molecule has 0 bridgehead atoms. The zero-order chi connectivity index (χ0) is 14.7. The Morgan fingerprint density at radius 2 is 1.57 bits per heavy atom. The fourth-order valence-electron chi connectivity index (χ4n) is 2.49. The molecule has 0 radical (unpaired) electrons. The Hall–Kier alpha value is -2.45. The van der Waals surface area contributed by atoms with E-state index < -0.39 is 0 Å². The maximum absolute atomic E-state index is 12.4. The summed E-state index contributed by atoms with van der Waals surface area (Å²) in [5, 5.41) is 11.4. The molecule has 0 saturated carbocycles. The molecule has 3 aromatic rings. The van der Waals surface area contributed by atoms with E-state index in [4.69, 9.17) is 5.11 Å². The number of aliphatic hydroxyl groups excluding tert-OH is 1. The molecule has 2 nitrogen and oxygen atoms in total. The van der Waals surface area contributed by atoms with Gasteiger partial charge in [0.1, 0.15) is 0 Å². The molecule has 2 heteroatoms. The van der Waals surface area contributed by atoms with Crippen molar-refractivity contribution in [2.75, 3.05) is 0 Å². The molecule has 0 fully saturated rings. The summed E-state index contributed by atoms with van der Waals surface area (Å²) in [7, 11) is 0. The highest BCUT2D eigenvalue weighted by Gasteiger charge is 2.08. The van der Waals surface area contributed by atoms with Crippen LogP contribution in [0.3, 0.4) is 0 Å². The average molecular weight is 276 g/mol. The highest BCUT2D eigenvalue weighted by Crippen LogP contribution is 2.17. The molecule has 3 aromatic carbocycles. The van der Waals surface area contributed by atoms with Crippen molar-refractivity contribution in [3.05, 3.63) is 83.4 Å². The summed E-state index contributed by atoms with van der Waals surface area (Å²) in [6.45, 7) is -0.00198. The molecule has 3 rings (SSSR count). The normalized spacial score (nSPS) is 10.7. The SMILES string of the molecule is O=C(Cc1cccc(CO)c1)c1ccc2ccccc2c1. The molecule has 0 spiro atoms. The van der Waals surface area contributed by atoms with Crippen molar-refractivity contribution in [3.8, 4) is 0 Å². The van der Waals surface area contributed by atoms with Gasteiger partial charge in [0.15, 0.2) is 5.78 Å². The lowest BCUT2D eigenvalue weighted by atomic mass is 9.99. The third-order valence-electron chi connectivity index (χ3n) is 3.61. The Bertz CT molecular complexity index is 790. The van der Waals surface area contributed by atoms with Gasteiger partial charge in [-0.25, -0.2) is 0 Å². The van der Waals surface area contributed by atoms with Crippen LogP contribution in [-0.4, -0.2) is 10.9 Å². The van der Waals surface area contributed by atoms with Gasteiger partial charge in [-0.3, -0.25) is 4.79 Å². The second-order valence-electron chi connectivity index (χ2n) is 5.14. The first-order valence-electron chi connectivity index (χ1n) is 6.97. The van der Waals surface area contributed by atoms with E-state index in [9.17, 15) is 4.79 Å². The van der Waals surface area contributed by atoms with E-state index in [2.05, 4.69) is 0 Å². The second kappa shape index (κ2) is 5.90. The van der Waals surface area contributed by atoms with E-state index in [1.165, 1.54) is 0 Å². The molecule has 0 aliphatic heterocycles. The van der Waals surface area contributed by atoms with Crippen molar-refractivity contribution in [2.24, 2.45) is 0 Å². The van der Waals surface area contributed by atoms with Crippen molar-refractivity contribution in [1.29, 1.82) is 0 Å². The van der Waals surface area contributed by atoms with Crippen LogP contribution in [0, 0.1) is 0 Å². The zero-order valence-corrected chi connectivity index (χ0v) is 11.6. The van der Waals surface area contributed by atoms with Gasteiger partial charge in [-0.1, -0.05) is 60.7 Å². The fourth-order valence-corrected chi connectivity index (χ4v) is 2.49. The Labute approximate surface area is 123 Å². The summed E-state index contributed by atoms with van der Waals surface area (Å²) < 4.78 is 0. The van der Waals surface area contributed by atoms with E-state index in [0.29, 0.717) is 6.42 Å². The van der Waals surface area contributed by atoms with Crippen LogP contribution >= 0.6 is 0 Å². The molecule has 0 saturated heterocycles. The van der Waals surface area contributed by atoms with Crippen LogP contribution in [0.25, 0.3) is 10.8 Å². The van der Waals surface area contributed by atoms with Gasteiger partial charge in [-0.15, -0.1) is 0 Å². The molecule has 0 unspecified atom stereocenters. The largest absolute Gasteiger partial charge is 0.392 e. The Morgan fingerprint density at radius 1 is 0.810 bits per heavy atom. The van der Waals surface area contributed by atoms with Gasteiger partial charge >= 0.3 is 0 Å². The van der Waals surface area contributed by atoms with Gasteiger partial charge in [0, 0.05) is 12.0 Å². The van der Waals surface area contributed by atoms with Crippen LogP contribution in [0.1, 0.15) is 21.5 Å². The summed E-state index contributed by atoms with van der Waals surface area (Å²) in [4.78, 5) is 12.4. The van der Waals surface area contributed by atoms with E-state index in [1.807, 2.05) is 66.7 Å². The minimum absolute atomic E-state index is 0.00198. The first kappa shape index (κ1) is 13.5. The highest BCUT2D eigenvalue weighted by atomic mass is 16.3. The van der Waals surface area contributed by atoms with Gasteiger partial charge in [0.25, 0.3) is 0 Å². The number of aliphatic hydroxyl groups is 1. The number of fused-ring (bicyclic) bond motifs is 1. The molecule has 0 aliphatic carbocycles. The lowest BCUT2D eigenvalue weighted by Crippen LogP contribution is -2.03. The molecule has 0 heterocycles. The third-order valence-corrected chi connectivity index (χ3v) is 3.61. The van der Waals surface area contributed by atoms with E-state index in [0.717, 1.165) is 27.5 Å². The van der Waals surface area contributed by atoms with Gasteiger partial charge in [0.2, 0.25) is 0 Å². The Balaban J connectivity index is 1.86. The van der Waals surface area contributed by atoms with Crippen LogP contribution in [-0.2, 0) is 13.0 Å². The lowest BCUT2D eigenvalue weighted by Gasteiger charge is -2.05. The summed E-state index contributed by atoms with van der Waals surface area (Å²) in [5.41, 5.74) is 2.49. The molecule has 0 aromatic heterocycles. The molecule has 1 N–H and O–H groups in total. The number of carbonyl (C=O) groups excluding carboxylic acids is 1. The van der Waals surface area contributed by atoms with Crippen LogP contribution in [0.5, 0.6) is 0 Å². The van der Waals surface area contributed by atoms with Gasteiger partial charge in [0.05, 0.1) is 6.61 Å². The predicted octanol–water partition coefficient (Wildman–Crippen LogP) is 3.76. The average Bonchev–Trinajstić information content (AvgIpc) is 2.54. The predicted molar refractivity (Wildman–Crippen MR) is 84.3 cm³/mol. The van der Waals surface area contributed by atoms with E-state index >= 15 is 0 Å². The maximum Gasteiger partial charge on any atom is 0.167 e. The number of carbonyl (C=O) groups is 1. The Morgan fingerprint density at radius 3 is 2.38 bits per heavy atom. The number of benzene rings is 3. The summed E-state index contributed by atoms with van der Waals surface area (Å²) in [5.74, 6) is 0.0934. The minimum atomic E-state index is -0.00198. The molecule has 0 aliphatic rings. The first-order valence-corrected chi connectivity index (χ1v) is 6.97. The second-order valence-corrected chi connectivity index (χ2v) is 5.14. The van der Waals surface area contributed by atoms with Gasteiger partial charge in [-0.2, -0.15) is 0 Å². The number of ketones is 1. The molecule has 104 valence electrons. The quantitative estimate of drug-likeness (QED) is 0.737. The highest BCUT2D eigenvalue weighted by molar-refractivity contribution is 6.01. The van der Waals surface area contributed by atoms with E-state index in [1.54, 1.807) is 0 Å². The van der Waals surface area contributed by atoms with Crippen molar-refractivity contribution in [3.63, 3.8) is 0 Å². The fraction of sp³-hybridized carbons (Fsp3) is 0.105. The topological polar surface area (TPSA) is 37.3 Å². The summed E-state index contributed by atoms with van der Waals surface area (Å²) >= 11 is 0. The van der Waals surface area contributed by atoms with Crippen molar-refractivity contribution >= 4 is 16.6 Å². The summed E-state index contributed by atoms with van der Waals surface area (Å²) in [6, 6.07) is 21.3. The molecular weight excluding hydrogens is 260 g/mol. The van der Waals surface area contributed by atoms with E-state index in [-0.39, 0.29) is 12.4 Å². The van der Waals surface area contributed by atoms with Crippen LogP contribution < -0.4 is 0 Å². The number of hydrogen-bond acceptors (Lipinski definition) is 2. The number of rotatable bonds is 4. The minimum Gasteiger partial charge on any atom is -0.392 e. The monoisotopic (exact) mass is 276 g/mol. The molecule has 0 atom stereocenters. The van der Waals surface area contributed by atoms with Crippen LogP contribution in [0.4, 0.5) is 0 Å². The molecule has 0 amide bonds. The van der Waals surface area contributed by atoms with Crippen molar-refractivity contribution in [1.82, 2.24) is 0 Å². The first-order chi connectivity index (χ1) is 10.3. The van der Waals surface area contributed by atoms with Crippen LogP contribution in [0.15, 0.2) is 66.7 Å². The summed E-state index contributed by atoms with van der Waals surface area (Å²) in [6.07, 6.45) is 0.353. The van der Waals surface area contributed by atoms with Crippen molar-refractivity contribution < 1.29 is 9.90 Å². The molecular formula is C19H16O2. The zero-order valence-electron chi connectivity index (χ0n) is 11.6. The number of Topliss-reactive ketones (excluding diaryl/α,β-unsaturated/α-hetero) is 1. The standard InChI is InChI=1S/C19H16O2/c20-13-15-5-3-4-14(10-15)11-19(21)18-9-8-16-6-1-2-7-17(16)12-18/h1-10,12,20H,11,13H2. The molecule has 21 heavy (non-hydrogen) atoms. The van der Waals surface area contributed by atoms with Crippen LogP contribution in [0.2, 0.25) is 0 Å². The Kier molecular flexibility index (Phi) is 3.80. The smallest absolute Gasteiger partial charge is 0.167 e. The number of hydrogen-bond donors (Lipinski definition) is 1. The third kappa shape index (κ3) is 3.01. The lowest BCUT2D eigenvalue weighted by molar-refractivity contribution is 0.0993. The van der Waals surface area contributed by atoms with Gasteiger partial charge in [-0.05, 0) is 28.0 Å². The maximum atomic E-state index is 12.4. The van der Waals surface area contributed by atoms with Gasteiger partial charge < -0.3 is 5.11 Å².